The number of carbonyl (C=O) groups is 2. The molecule has 1 atom stereocenters. The molecule has 148 valence electrons. The second-order valence-electron chi connectivity index (χ2n) is 6.58. The fourth-order valence-corrected chi connectivity index (χ4v) is 3.52. The van der Waals surface area contributed by atoms with Gasteiger partial charge in [0, 0.05) is 33.2 Å². The van der Waals surface area contributed by atoms with Crippen molar-refractivity contribution in [2.24, 2.45) is 0 Å². The standard InChI is InChI=1S/C21H26N4O3/c1-22-21(27)23-20(26)19(16-8-4-3-5-9-16)25-14-12-24(13-15-25)17-10-6-7-11-18(17)28-2/h3-11,19H,12-15H2,1-2H3,(H2,22,23,26,27)/t19-/m0/s1. The Morgan fingerprint density at radius 3 is 2.25 bits per heavy atom. The Morgan fingerprint density at radius 1 is 0.964 bits per heavy atom. The highest BCUT2D eigenvalue weighted by Gasteiger charge is 2.31. The van der Waals surface area contributed by atoms with Crippen molar-refractivity contribution in [3.8, 4) is 5.75 Å². The number of nitrogens with zero attached hydrogens (tertiary/aromatic N) is 2. The van der Waals surface area contributed by atoms with Crippen molar-refractivity contribution in [2.45, 2.75) is 6.04 Å². The van der Waals surface area contributed by atoms with Crippen molar-refractivity contribution in [1.82, 2.24) is 15.5 Å². The molecule has 0 spiro atoms. The minimum Gasteiger partial charge on any atom is -0.495 e. The molecule has 2 aromatic carbocycles. The van der Waals surface area contributed by atoms with Gasteiger partial charge in [-0.3, -0.25) is 15.0 Å². The summed E-state index contributed by atoms with van der Waals surface area (Å²) in [5.41, 5.74) is 1.92. The smallest absolute Gasteiger partial charge is 0.321 e. The van der Waals surface area contributed by atoms with Gasteiger partial charge in [-0.05, 0) is 17.7 Å². The van der Waals surface area contributed by atoms with Gasteiger partial charge in [0.1, 0.15) is 11.8 Å². The number of urea groups is 1. The number of benzene rings is 2. The number of hydrogen-bond donors (Lipinski definition) is 2. The van der Waals surface area contributed by atoms with Crippen LogP contribution in [-0.2, 0) is 4.79 Å². The number of amides is 3. The zero-order chi connectivity index (χ0) is 19.9. The zero-order valence-electron chi connectivity index (χ0n) is 16.2. The highest BCUT2D eigenvalue weighted by Crippen LogP contribution is 2.30. The average Bonchev–Trinajstić information content (AvgIpc) is 2.75. The molecule has 7 heteroatoms. The molecule has 1 heterocycles. The minimum atomic E-state index is -0.515. The van der Waals surface area contributed by atoms with E-state index < -0.39 is 12.1 Å². The molecule has 0 unspecified atom stereocenters. The fraction of sp³-hybridized carbons (Fsp3) is 0.333. The monoisotopic (exact) mass is 382 g/mol. The predicted octanol–water partition coefficient (Wildman–Crippen LogP) is 2.01. The van der Waals surface area contributed by atoms with Gasteiger partial charge >= 0.3 is 6.03 Å². The van der Waals surface area contributed by atoms with E-state index in [9.17, 15) is 9.59 Å². The first-order valence-electron chi connectivity index (χ1n) is 9.33. The van der Waals surface area contributed by atoms with Crippen molar-refractivity contribution in [3.63, 3.8) is 0 Å². The molecule has 1 fully saturated rings. The molecule has 3 amide bonds. The van der Waals surface area contributed by atoms with E-state index in [0.717, 1.165) is 30.1 Å². The topological polar surface area (TPSA) is 73.9 Å². The van der Waals surface area contributed by atoms with Crippen LogP contribution in [0.4, 0.5) is 10.5 Å². The number of anilines is 1. The Kier molecular flexibility index (Phi) is 6.49. The van der Waals surface area contributed by atoms with E-state index >= 15 is 0 Å². The number of rotatable bonds is 5. The lowest BCUT2D eigenvalue weighted by Gasteiger charge is -2.40. The van der Waals surface area contributed by atoms with Crippen LogP contribution in [0, 0.1) is 0 Å². The van der Waals surface area contributed by atoms with Crippen LogP contribution in [0.1, 0.15) is 11.6 Å². The van der Waals surface area contributed by atoms with E-state index in [-0.39, 0.29) is 5.91 Å². The molecule has 2 N–H and O–H groups in total. The molecule has 3 rings (SSSR count). The van der Waals surface area contributed by atoms with Crippen molar-refractivity contribution in [2.75, 3.05) is 45.2 Å². The fourth-order valence-electron chi connectivity index (χ4n) is 3.52. The third kappa shape index (κ3) is 4.43. The highest BCUT2D eigenvalue weighted by molar-refractivity contribution is 5.97. The molecule has 1 saturated heterocycles. The maximum atomic E-state index is 12.8. The number of hydrogen-bond acceptors (Lipinski definition) is 5. The maximum Gasteiger partial charge on any atom is 0.321 e. The van der Waals surface area contributed by atoms with E-state index in [1.165, 1.54) is 7.05 Å². The van der Waals surface area contributed by atoms with E-state index in [1.54, 1.807) is 7.11 Å². The van der Waals surface area contributed by atoms with Crippen LogP contribution in [0.25, 0.3) is 0 Å². The predicted molar refractivity (Wildman–Crippen MR) is 109 cm³/mol. The molecule has 7 nitrogen and oxygen atoms in total. The number of ether oxygens (including phenoxy) is 1. The van der Waals surface area contributed by atoms with E-state index in [2.05, 4.69) is 20.4 Å². The molecule has 2 aromatic rings. The summed E-state index contributed by atoms with van der Waals surface area (Å²) < 4.78 is 5.47. The van der Waals surface area contributed by atoms with Gasteiger partial charge in [-0.1, -0.05) is 42.5 Å². The Hall–Kier alpha value is -3.06. The minimum absolute atomic E-state index is 0.323. The van der Waals surface area contributed by atoms with Gasteiger partial charge in [-0.25, -0.2) is 4.79 Å². The Bertz CT molecular complexity index is 804. The lowest BCUT2D eigenvalue weighted by atomic mass is 10.0. The Balaban J connectivity index is 1.76. The summed E-state index contributed by atoms with van der Waals surface area (Å²) in [5.74, 6) is 0.518. The van der Waals surface area contributed by atoms with Crippen molar-refractivity contribution >= 4 is 17.6 Å². The number of methoxy groups -OCH3 is 1. The van der Waals surface area contributed by atoms with Gasteiger partial charge in [0.05, 0.1) is 12.8 Å². The SMILES string of the molecule is CNC(=O)NC(=O)[C@H](c1ccccc1)N1CCN(c2ccccc2OC)CC1. The molecule has 0 radical (unpaired) electrons. The van der Waals surface area contributed by atoms with Crippen LogP contribution < -0.4 is 20.3 Å². The third-order valence-corrected chi connectivity index (χ3v) is 4.93. The Labute approximate surface area is 165 Å². The molecular formula is C21H26N4O3. The van der Waals surface area contributed by atoms with Crippen LogP contribution >= 0.6 is 0 Å². The first kappa shape index (κ1) is 19.7. The van der Waals surface area contributed by atoms with Crippen LogP contribution in [0.2, 0.25) is 0 Å². The van der Waals surface area contributed by atoms with E-state index in [4.69, 9.17) is 4.74 Å². The summed E-state index contributed by atoms with van der Waals surface area (Å²) in [6.07, 6.45) is 0. The lowest BCUT2D eigenvalue weighted by Crippen LogP contribution is -2.52. The summed E-state index contributed by atoms with van der Waals surface area (Å²) in [6.45, 7) is 2.91. The summed E-state index contributed by atoms with van der Waals surface area (Å²) in [6, 6.07) is 16.5. The molecule has 0 aromatic heterocycles. The second kappa shape index (κ2) is 9.23. The third-order valence-electron chi connectivity index (χ3n) is 4.93. The number of carbonyl (C=O) groups excluding carboxylic acids is 2. The molecular weight excluding hydrogens is 356 g/mol. The quantitative estimate of drug-likeness (QED) is 0.828. The number of para-hydroxylation sites is 2. The summed E-state index contributed by atoms with van der Waals surface area (Å²) in [5, 5.41) is 4.86. The number of imide groups is 1. The van der Waals surface area contributed by atoms with Crippen LogP contribution in [0.3, 0.4) is 0 Å². The number of piperazine rings is 1. The van der Waals surface area contributed by atoms with Gasteiger partial charge in [0.15, 0.2) is 0 Å². The molecule has 28 heavy (non-hydrogen) atoms. The molecule has 0 aliphatic carbocycles. The molecule has 0 bridgehead atoms. The lowest BCUT2D eigenvalue weighted by molar-refractivity contribution is -0.125. The van der Waals surface area contributed by atoms with E-state index in [0.29, 0.717) is 13.1 Å². The molecule has 1 aliphatic heterocycles. The first-order chi connectivity index (χ1) is 13.6. The normalized spacial score (nSPS) is 15.6. The average molecular weight is 382 g/mol. The summed E-state index contributed by atoms with van der Waals surface area (Å²) in [4.78, 5) is 28.9. The zero-order valence-corrected chi connectivity index (χ0v) is 16.2. The first-order valence-corrected chi connectivity index (χ1v) is 9.33. The van der Waals surface area contributed by atoms with Gasteiger partial charge < -0.3 is 15.0 Å². The maximum absolute atomic E-state index is 12.8. The van der Waals surface area contributed by atoms with Gasteiger partial charge in [-0.2, -0.15) is 0 Å². The van der Waals surface area contributed by atoms with Crippen molar-refractivity contribution in [3.05, 3.63) is 60.2 Å². The van der Waals surface area contributed by atoms with Crippen LogP contribution in [0.15, 0.2) is 54.6 Å². The van der Waals surface area contributed by atoms with Gasteiger partial charge in [-0.15, -0.1) is 0 Å². The van der Waals surface area contributed by atoms with Gasteiger partial charge in [0.2, 0.25) is 5.91 Å². The van der Waals surface area contributed by atoms with Crippen LogP contribution in [-0.4, -0.2) is 57.2 Å². The summed E-state index contributed by atoms with van der Waals surface area (Å²) >= 11 is 0. The molecule has 1 aliphatic rings. The van der Waals surface area contributed by atoms with E-state index in [1.807, 2.05) is 54.6 Å². The number of nitrogens with one attached hydrogen (secondary N) is 2. The van der Waals surface area contributed by atoms with Crippen molar-refractivity contribution < 1.29 is 14.3 Å². The second-order valence-corrected chi connectivity index (χ2v) is 6.58. The van der Waals surface area contributed by atoms with Crippen LogP contribution in [0.5, 0.6) is 5.75 Å². The van der Waals surface area contributed by atoms with Gasteiger partial charge in [0.25, 0.3) is 0 Å². The highest BCUT2D eigenvalue weighted by atomic mass is 16.5. The Morgan fingerprint density at radius 2 is 1.61 bits per heavy atom. The molecule has 0 saturated carbocycles. The van der Waals surface area contributed by atoms with Crippen molar-refractivity contribution in [1.29, 1.82) is 0 Å². The summed E-state index contributed by atoms with van der Waals surface area (Å²) in [7, 11) is 3.16. The largest absolute Gasteiger partial charge is 0.495 e.